The first-order valence-electron chi connectivity index (χ1n) is 10.0. The molecule has 1 unspecified atom stereocenters. The lowest BCUT2D eigenvalue weighted by molar-refractivity contribution is -0.140. The molecule has 3 rings (SSSR count). The van der Waals surface area contributed by atoms with Crippen molar-refractivity contribution >= 4 is 23.1 Å². The number of ether oxygens (including phenoxy) is 1. The van der Waals surface area contributed by atoms with E-state index in [4.69, 9.17) is 4.74 Å². The summed E-state index contributed by atoms with van der Waals surface area (Å²) in [5.74, 6) is -1.46. The molecule has 1 N–H and O–H groups in total. The van der Waals surface area contributed by atoms with Crippen LogP contribution in [0, 0.1) is 0 Å². The Morgan fingerprint density at radius 1 is 1.07 bits per heavy atom. The third-order valence-electron chi connectivity index (χ3n) is 5.44. The number of methoxy groups -OCH3 is 1. The molecule has 0 spiro atoms. The van der Waals surface area contributed by atoms with Crippen LogP contribution in [0.1, 0.15) is 29.7 Å². The van der Waals surface area contributed by atoms with E-state index in [1.807, 2.05) is 62.3 Å². The zero-order valence-electron chi connectivity index (χ0n) is 17.9. The zero-order chi connectivity index (χ0) is 21.8. The maximum Gasteiger partial charge on any atom is 0.295 e. The second kappa shape index (κ2) is 9.13. The number of ketones is 1. The fourth-order valence-corrected chi connectivity index (χ4v) is 3.66. The van der Waals surface area contributed by atoms with Crippen molar-refractivity contribution in [2.24, 2.45) is 0 Å². The van der Waals surface area contributed by atoms with Crippen molar-refractivity contribution in [2.45, 2.75) is 19.4 Å². The van der Waals surface area contributed by atoms with E-state index in [1.165, 1.54) is 4.90 Å². The van der Waals surface area contributed by atoms with E-state index in [-0.39, 0.29) is 17.9 Å². The van der Waals surface area contributed by atoms with Gasteiger partial charge in [-0.05, 0) is 29.7 Å². The fraction of sp³-hybridized carbons (Fsp3) is 0.333. The normalized spacial score (nSPS) is 18.1. The van der Waals surface area contributed by atoms with Crippen LogP contribution in [0.3, 0.4) is 0 Å². The first-order chi connectivity index (χ1) is 14.4. The predicted octanol–water partition coefficient (Wildman–Crippen LogP) is 3.38. The molecule has 1 heterocycles. The molecule has 0 bridgehead atoms. The Labute approximate surface area is 177 Å². The summed E-state index contributed by atoms with van der Waals surface area (Å²) in [6, 6.07) is 14.4. The highest BCUT2D eigenvalue weighted by Gasteiger charge is 2.45. The lowest BCUT2D eigenvalue weighted by Gasteiger charge is -2.25. The van der Waals surface area contributed by atoms with E-state index in [2.05, 4.69) is 0 Å². The van der Waals surface area contributed by atoms with Gasteiger partial charge in [0.25, 0.3) is 11.7 Å². The summed E-state index contributed by atoms with van der Waals surface area (Å²) in [7, 11) is 5.44. The summed E-state index contributed by atoms with van der Waals surface area (Å²) < 4.78 is 5.14. The molecule has 0 saturated carbocycles. The summed E-state index contributed by atoms with van der Waals surface area (Å²) in [5.41, 5.74) is 3.53. The SMILES string of the molecule is CCc1ccc(/C(O)=C2/C(=O)C(=O)N(CCOC)C2c2ccc(N(C)C)cc2)cc1. The van der Waals surface area contributed by atoms with Crippen molar-refractivity contribution in [3.63, 3.8) is 0 Å². The molecule has 1 aliphatic heterocycles. The highest BCUT2D eigenvalue weighted by molar-refractivity contribution is 6.46. The number of Topliss-reactive ketones (excluding diaryl/α,β-unsaturated/α-hetero) is 1. The van der Waals surface area contributed by atoms with Crippen molar-refractivity contribution in [2.75, 3.05) is 39.3 Å². The second-order valence-corrected chi connectivity index (χ2v) is 7.52. The molecule has 2 aromatic rings. The third kappa shape index (κ3) is 4.09. The van der Waals surface area contributed by atoms with Gasteiger partial charge in [-0.3, -0.25) is 9.59 Å². The van der Waals surface area contributed by atoms with Crippen LogP contribution >= 0.6 is 0 Å². The lowest BCUT2D eigenvalue weighted by atomic mass is 9.94. The molecule has 30 heavy (non-hydrogen) atoms. The summed E-state index contributed by atoms with van der Waals surface area (Å²) in [5, 5.41) is 11.0. The van der Waals surface area contributed by atoms with Gasteiger partial charge >= 0.3 is 0 Å². The molecule has 0 aromatic heterocycles. The molecule has 2 aromatic carbocycles. The van der Waals surface area contributed by atoms with Crippen molar-refractivity contribution in [3.05, 3.63) is 70.8 Å². The summed E-state index contributed by atoms with van der Waals surface area (Å²) >= 11 is 0. The number of aryl methyl sites for hydroxylation is 1. The second-order valence-electron chi connectivity index (χ2n) is 7.52. The molecule has 6 nitrogen and oxygen atoms in total. The largest absolute Gasteiger partial charge is 0.507 e. The average molecular weight is 408 g/mol. The van der Waals surface area contributed by atoms with Crippen LogP contribution < -0.4 is 4.90 Å². The Morgan fingerprint density at radius 2 is 1.70 bits per heavy atom. The summed E-state index contributed by atoms with van der Waals surface area (Å²) in [6.45, 7) is 2.60. The first-order valence-corrected chi connectivity index (χ1v) is 10.0. The van der Waals surface area contributed by atoms with Gasteiger partial charge in [0.2, 0.25) is 0 Å². The average Bonchev–Trinajstić information content (AvgIpc) is 3.02. The molecule has 1 amide bonds. The molecule has 158 valence electrons. The Balaban J connectivity index is 2.11. The minimum absolute atomic E-state index is 0.109. The number of nitrogens with zero attached hydrogens (tertiary/aromatic N) is 2. The Bertz CT molecular complexity index is 946. The fourth-order valence-electron chi connectivity index (χ4n) is 3.66. The van der Waals surface area contributed by atoms with E-state index in [1.54, 1.807) is 19.2 Å². The first kappa shape index (κ1) is 21.6. The minimum atomic E-state index is -0.676. The van der Waals surface area contributed by atoms with Crippen LogP contribution in [0.25, 0.3) is 5.76 Å². The number of benzene rings is 2. The third-order valence-corrected chi connectivity index (χ3v) is 5.44. The molecule has 1 saturated heterocycles. The molecular weight excluding hydrogens is 380 g/mol. The standard InChI is InChI=1S/C24H28N2O4/c1-5-16-6-8-18(9-7-16)22(27)20-21(17-10-12-19(13-11-17)25(2)3)26(14-15-30-4)24(29)23(20)28/h6-13,21,27H,5,14-15H2,1-4H3/b22-20-. The van der Waals surface area contributed by atoms with E-state index in [0.717, 1.165) is 23.2 Å². The van der Waals surface area contributed by atoms with Gasteiger partial charge in [0.05, 0.1) is 18.2 Å². The number of likely N-dealkylation sites (tertiary alicyclic amines) is 1. The number of rotatable bonds is 7. The Kier molecular flexibility index (Phi) is 6.57. The van der Waals surface area contributed by atoms with Crippen molar-refractivity contribution in [1.82, 2.24) is 4.90 Å². The number of carbonyl (C=O) groups excluding carboxylic acids is 2. The van der Waals surface area contributed by atoms with Crippen LogP contribution in [0.2, 0.25) is 0 Å². The molecule has 6 heteroatoms. The number of carbonyl (C=O) groups is 2. The highest BCUT2D eigenvalue weighted by Crippen LogP contribution is 2.39. The van der Waals surface area contributed by atoms with Gasteiger partial charge in [0.1, 0.15) is 5.76 Å². The number of aliphatic hydroxyl groups excluding tert-OH is 1. The van der Waals surface area contributed by atoms with Crippen LogP contribution in [-0.2, 0) is 20.7 Å². The van der Waals surface area contributed by atoms with Gasteiger partial charge in [-0.2, -0.15) is 0 Å². The van der Waals surface area contributed by atoms with E-state index in [0.29, 0.717) is 12.2 Å². The van der Waals surface area contributed by atoms with Crippen LogP contribution in [0.5, 0.6) is 0 Å². The molecule has 1 atom stereocenters. The topological polar surface area (TPSA) is 70.1 Å². The van der Waals surface area contributed by atoms with Crippen molar-refractivity contribution < 1.29 is 19.4 Å². The van der Waals surface area contributed by atoms with Crippen LogP contribution in [0.4, 0.5) is 5.69 Å². The number of anilines is 1. The van der Waals surface area contributed by atoms with E-state index < -0.39 is 17.7 Å². The van der Waals surface area contributed by atoms with Crippen LogP contribution in [0.15, 0.2) is 54.1 Å². The lowest BCUT2D eigenvalue weighted by Crippen LogP contribution is -2.32. The summed E-state index contributed by atoms with van der Waals surface area (Å²) in [4.78, 5) is 29.1. The quantitative estimate of drug-likeness (QED) is 0.432. The van der Waals surface area contributed by atoms with E-state index in [9.17, 15) is 14.7 Å². The maximum atomic E-state index is 12.9. The number of amides is 1. The Hall–Kier alpha value is -3.12. The minimum Gasteiger partial charge on any atom is -0.507 e. The number of hydrogen-bond donors (Lipinski definition) is 1. The van der Waals surface area contributed by atoms with Gasteiger partial charge in [-0.1, -0.05) is 43.3 Å². The van der Waals surface area contributed by atoms with Crippen LogP contribution in [-0.4, -0.2) is 56.1 Å². The molecule has 0 radical (unpaired) electrons. The number of aliphatic hydroxyl groups is 1. The molecular formula is C24H28N2O4. The zero-order valence-corrected chi connectivity index (χ0v) is 17.9. The smallest absolute Gasteiger partial charge is 0.295 e. The summed E-state index contributed by atoms with van der Waals surface area (Å²) in [6.07, 6.45) is 0.876. The van der Waals surface area contributed by atoms with Crippen molar-refractivity contribution in [3.8, 4) is 0 Å². The highest BCUT2D eigenvalue weighted by atomic mass is 16.5. The molecule has 0 aliphatic carbocycles. The van der Waals surface area contributed by atoms with Gasteiger partial charge in [-0.15, -0.1) is 0 Å². The molecule has 1 aliphatic rings. The maximum absolute atomic E-state index is 12.9. The van der Waals surface area contributed by atoms with E-state index >= 15 is 0 Å². The van der Waals surface area contributed by atoms with Gasteiger partial charge in [0.15, 0.2) is 0 Å². The Morgan fingerprint density at radius 3 is 2.23 bits per heavy atom. The molecule has 1 fully saturated rings. The monoisotopic (exact) mass is 408 g/mol. The van der Waals surface area contributed by atoms with Gasteiger partial charge in [0, 0.05) is 39.0 Å². The predicted molar refractivity (Wildman–Crippen MR) is 117 cm³/mol. The number of hydrogen-bond acceptors (Lipinski definition) is 5. The van der Waals surface area contributed by atoms with Gasteiger partial charge in [-0.25, -0.2) is 0 Å². The van der Waals surface area contributed by atoms with Gasteiger partial charge < -0.3 is 19.6 Å². The van der Waals surface area contributed by atoms with Crippen molar-refractivity contribution in [1.29, 1.82) is 0 Å².